The van der Waals surface area contributed by atoms with E-state index in [9.17, 15) is 4.39 Å². The second kappa shape index (κ2) is 8.59. The lowest BCUT2D eigenvalue weighted by Crippen LogP contribution is -2.31. The van der Waals surface area contributed by atoms with Gasteiger partial charge in [-0.25, -0.2) is 4.39 Å². The van der Waals surface area contributed by atoms with E-state index in [4.69, 9.17) is 10.00 Å². The highest BCUT2D eigenvalue weighted by molar-refractivity contribution is 5.33. The van der Waals surface area contributed by atoms with Gasteiger partial charge in [0.05, 0.1) is 18.2 Å². The number of nitrogens with one attached hydrogen (secondary N) is 1. The molecule has 104 valence electrons. The van der Waals surface area contributed by atoms with Crippen LogP contribution < -0.4 is 5.32 Å². The van der Waals surface area contributed by atoms with Crippen LogP contribution in [0.15, 0.2) is 18.2 Å². The summed E-state index contributed by atoms with van der Waals surface area (Å²) < 4.78 is 18.5. The van der Waals surface area contributed by atoms with Gasteiger partial charge in [0, 0.05) is 38.9 Å². The molecule has 0 unspecified atom stereocenters. The van der Waals surface area contributed by atoms with Gasteiger partial charge >= 0.3 is 0 Å². The molecule has 0 aromatic heterocycles. The van der Waals surface area contributed by atoms with Gasteiger partial charge in [-0.15, -0.1) is 0 Å². The Hall–Kier alpha value is -1.48. The topological polar surface area (TPSA) is 48.3 Å². The third-order valence-electron chi connectivity index (χ3n) is 2.84. The summed E-state index contributed by atoms with van der Waals surface area (Å²) in [6.07, 6.45) is 0. The van der Waals surface area contributed by atoms with Gasteiger partial charge in [-0.05, 0) is 25.2 Å². The van der Waals surface area contributed by atoms with Crippen LogP contribution in [0.2, 0.25) is 0 Å². The highest BCUT2D eigenvalue weighted by atomic mass is 19.1. The number of likely N-dealkylation sites (N-methyl/N-ethyl adjacent to an activating group) is 1. The molecule has 19 heavy (non-hydrogen) atoms. The zero-order valence-corrected chi connectivity index (χ0v) is 11.4. The number of halogens is 1. The Balaban J connectivity index is 2.31. The van der Waals surface area contributed by atoms with Gasteiger partial charge < -0.3 is 15.0 Å². The molecule has 1 N–H and O–H groups in total. The van der Waals surface area contributed by atoms with E-state index in [1.54, 1.807) is 13.2 Å². The zero-order valence-electron chi connectivity index (χ0n) is 11.4. The highest BCUT2D eigenvalue weighted by Crippen LogP contribution is 2.09. The number of hydrogen-bond donors (Lipinski definition) is 1. The number of hydrogen-bond acceptors (Lipinski definition) is 4. The molecular formula is C14H20FN3O. The molecule has 0 bridgehead atoms. The second-order valence-corrected chi connectivity index (χ2v) is 4.39. The van der Waals surface area contributed by atoms with Crippen molar-refractivity contribution in [2.75, 3.05) is 40.4 Å². The maximum Gasteiger partial charge on any atom is 0.127 e. The van der Waals surface area contributed by atoms with E-state index in [0.29, 0.717) is 24.3 Å². The van der Waals surface area contributed by atoms with Gasteiger partial charge in [-0.1, -0.05) is 0 Å². The molecule has 0 aliphatic heterocycles. The second-order valence-electron chi connectivity index (χ2n) is 4.39. The predicted octanol–water partition coefficient (Wildman–Crippen LogP) is 1.37. The highest BCUT2D eigenvalue weighted by Gasteiger charge is 2.03. The Morgan fingerprint density at radius 3 is 2.89 bits per heavy atom. The Morgan fingerprint density at radius 1 is 1.42 bits per heavy atom. The number of benzene rings is 1. The quantitative estimate of drug-likeness (QED) is 0.721. The Labute approximate surface area is 113 Å². The molecule has 0 amide bonds. The van der Waals surface area contributed by atoms with Crippen LogP contribution in [-0.2, 0) is 11.3 Å². The fourth-order valence-electron chi connectivity index (χ4n) is 1.63. The van der Waals surface area contributed by atoms with E-state index in [1.807, 2.05) is 13.1 Å². The van der Waals surface area contributed by atoms with Gasteiger partial charge in [0.25, 0.3) is 0 Å². The van der Waals surface area contributed by atoms with Crippen LogP contribution in [-0.4, -0.2) is 45.3 Å². The summed E-state index contributed by atoms with van der Waals surface area (Å²) in [5.74, 6) is -0.278. The molecule has 0 aliphatic rings. The number of methoxy groups -OCH3 is 1. The van der Waals surface area contributed by atoms with Crippen molar-refractivity contribution >= 4 is 0 Å². The Morgan fingerprint density at radius 2 is 2.21 bits per heavy atom. The number of ether oxygens (including phenoxy) is 1. The third-order valence-corrected chi connectivity index (χ3v) is 2.84. The van der Waals surface area contributed by atoms with E-state index in [2.05, 4.69) is 10.2 Å². The van der Waals surface area contributed by atoms with Crippen molar-refractivity contribution in [3.8, 4) is 6.07 Å². The lowest BCUT2D eigenvalue weighted by Gasteiger charge is -2.16. The first-order valence-corrected chi connectivity index (χ1v) is 6.24. The molecule has 0 fully saturated rings. The minimum atomic E-state index is -0.278. The van der Waals surface area contributed by atoms with Crippen molar-refractivity contribution in [2.24, 2.45) is 0 Å². The van der Waals surface area contributed by atoms with Crippen LogP contribution in [0.4, 0.5) is 4.39 Å². The minimum absolute atomic E-state index is 0.278. The largest absolute Gasteiger partial charge is 0.383 e. The Bertz CT molecular complexity index is 431. The lowest BCUT2D eigenvalue weighted by atomic mass is 10.1. The van der Waals surface area contributed by atoms with Crippen molar-refractivity contribution in [3.63, 3.8) is 0 Å². The molecule has 0 aliphatic carbocycles. The van der Waals surface area contributed by atoms with E-state index < -0.39 is 0 Å². The van der Waals surface area contributed by atoms with Crippen molar-refractivity contribution < 1.29 is 9.13 Å². The molecule has 0 saturated carbocycles. The summed E-state index contributed by atoms with van der Waals surface area (Å²) in [4.78, 5) is 2.14. The normalized spacial score (nSPS) is 10.7. The van der Waals surface area contributed by atoms with E-state index in [0.717, 1.165) is 19.6 Å². The molecule has 0 atom stereocenters. The summed E-state index contributed by atoms with van der Waals surface area (Å²) in [6, 6.07) is 6.41. The van der Waals surface area contributed by atoms with Crippen molar-refractivity contribution in [2.45, 2.75) is 6.54 Å². The third kappa shape index (κ3) is 5.79. The number of nitriles is 1. The van der Waals surface area contributed by atoms with Crippen LogP contribution in [0.25, 0.3) is 0 Å². The molecule has 5 heteroatoms. The first-order chi connectivity index (χ1) is 9.17. The van der Waals surface area contributed by atoms with Crippen LogP contribution in [0.1, 0.15) is 11.1 Å². The summed E-state index contributed by atoms with van der Waals surface area (Å²) in [5.41, 5.74) is 1.01. The molecule has 1 rings (SSSR count). The average Bonchev–Trinajstić information content (AvgIpc) is 2.43. The van der Waals surface area contributed by atoms with Crippen LogP contribution in [0, 0.1) is 17.1 Å². The summed E-state index contributed by atoms with van der Waals surface area (Å²) in [5, 5.41) is 11.9. The van der Waals surface area contributed by atoms with Gasteiger partial charge in [0.15, 0.2) is 0 Å². The fourth-order valence-corrected chi connectivity index (χ4v) is 1.63. The van der Waals surface area contributed by atoms with Crippen LogP contribution in [0.5, 0.6) is 0 Å². The Kier molecular flexibility index (Phi) is 7.04. The molecule has 1 aromatic carbocycles. The molecule has 0 heterocycles. The molecule has 0 saturated heterocycles. The SMILES string of the molecule is COCCN(C)CCNCc1cc(C#N)ccc1F. The van der Waals surface area contributed by atoms with Crippen molar-refractivity contribution in [1.82, 2.24) is 10.2 Å². The predicted molar refractivity (Wildman–Crippen MR) is 72.2 cm³/mol. The first kappa shape index (κ1) is 15.6. The summed E-state index contributed by atoms with van der Waals surface area (Å²) in [6.45, 7) is 3.63. The fraction of sp³-hybridized carbons (Fsp3) is 0.500. The van der Waals surface area contributed by atoms with Gasteiger partial charge in [-0.3, -0.25) is 0 Å². The van der Waals surface area contributed by atoms with E-state index >= 15 is 0 Å². The first-order valence-electron chi connectivity index (χ1n) is 6.24. The molecule has 1 aromatic rings. The van der Waals surface area contributed by atoms with Gasteiger partial charge in [0.2, 0.25) is 0 Å². The maximum atomic E-state index is 13.5. The molecule has 0 spiro atoms. The average molecular weight is 265 g/mol. The summed E-state index contributed by atoms with van der Waals surface area (Å²) in [7, 11) is 3.69. The van der Waals surface area contributed by atoms with Gasteiger partial charge in [-0.2, -0.15) is 5.26 Å². The molecule has 4 nitrogen and oxygen atoms in total. The van der Waals surface area contributed by atoms with E-state index in [-0.39, 0.29) is 5.82 Å². The molecule has 0 radical (unpaired) electrons. The lowest BCUT2D eigenvalue weighted by molar-refractivity contribution is 0.161. The van der Waals surface area contributed by atoms with Crippen molar-refractivity contribution in [3.05, 3.63) is 35.1 Å². The number of rotatable bonds is 8. The minimum Gasteiger partial charge on any atom is -0.383 e. The van der Waals surface area contributed by atoms with E-state index in [1.165, 1.54) is 12.1 Å². The van der Waals surface area contributed by atoms with Crippen LogP contribution >= 0.6 is 0 Å². The van der Waals surface area contributed by atoms with Crippen LogP contribution in [0.3, 0.4) is 0 Å². The van der Waals surface area contributed by atoms with Gasteiger partial charge in [0.1, 0.15) is 5.82 Å². The standard InChI is InChI=1S/C14H20FN3O/c1-18(7-8-19-2)6-5-17-11-13-9-12(10-16)3-4-14(13)15/h3-4,9,17H,5-8,11H2,1-2H3. The zero-order chi connectivity index (χ0) is 14.1. The maximum absolute atomic E-state index is 13.5. The number of nitrogens with zero attached hydrogens (tertiary/aromatic N) is 2. The van der Waals surface area contributed by atoms with Crippen molar-refractivity contribution in [1.29, 1.82) is 5.26 Å². The summed E-state index contributed by atoms with van der Waals surface area (Å²) >= 11 is 0. The monoisotopic (exact) mass is 265 g/mol. The smallest absolute Gasteiger partial charge is 0.127 e. The molecular weight excluding hydrogens is 245 g/mol.